The Morgan fingerprint density at radius 2 is 0.811 bits per heavy atom. The van der Waals surface area contributed by atoms with Gasteiger partial charge >= 0.3 is 48.7 Å². The summed E-state index contributed by atoms with van der Waals surface area (Å²) in [6.45, 7) is 2.02. The molecular weight excluding hydrogens is 1890 g/mol. The van der Waals surface area contributed by atoms with Crippen LogP contribution in [0.4, 0.5) is 0 Å². The minimum Gasteiger partial charge on any atom is -0.870 e. The van der Waals surface area contributed by atoms with Crippen LogP contribution < -0.4 is 46.8 Å². The molecule has 8 aromatic heterocycles. The van der Waals surface area contributed by atoms with E-state index in [1.165, 1.54) is 74.8 Å². The summed E-state index contributed by atoms with van der Waals surface area (Å²) in [5, 5.41) is 56.9. The topological polar surface area (TPSA) is 518 Å². The first kappa shape index (κ1) is 108. The van der Waals surface area contributed by atoms with Crippen LogP contribution in [-0.4, -0.2) is 119 Å². The van der Waals surface area contributed by atoms with Crippen molar-refractivity contribution in [2.24, 2.45) is 5.73 Å². The number of hydrogen-bond acceptors (Lipinski definition) is 29. The van der Waals surface area contributed by atoms with Gasteiger partial charge in [0.1, 0.15) is 63.5 Å². The number of nitriles is 5. The Hall–Kier alpha value is -14.1. The van der Waals surface area contributed by atoms with Gasteiger partial charge in [-0.3, -0.25) is 28.8 Å². The van der Waals surface area contributed by atoms with Gasteiger partial charge in [-0.2, -0.15) is 26.3 Å². The number of alkyl halides is 1. The number of aromatic nitrogens is 8. The maximum atomic E-state index is 12.3. The predicted molar refractivity (Wildman–Crippen MR) is 506 cm³/mol. The molecule has 132 heavy (non-hydrogen) atoms. The number of thioether (sulfide) groups is 3. The van der Waals surface area contributed by atoms with Gasteiger partial charge in [0.25, 0.3) is 11.1 Å². The average Bonchev–Trinajstić information content (AvgIpc) is 0.785. The molecule has 664 valence electrons. The Morgan fingerprint density at radius 1 is 0.477 bits per heavy atom. The van der Waals surface area contributed by atoms with Crippen LogP contribution in [0.1, 0.15) is 117 Å². The number of esters is 4. The fourth-order valence-corrected chi connectivity index (χ4v) is 14.9. The van der Waals surface area contributed by atoms with E-state index in [4.69, 9.17) is 44.6 Å². The van der Waals surface area contributed by atoms with E-state index in [0.29, 0.717) is 116 Å². The first-order valence-electron chi connectivity index (χ1n) is 37.8. The molecule has 0 fully saturated rings. The number of nitrogens with two attached hydrogens (primary N) is 1. The van der Waals surface area contributed by atoms with Crippen molar-refractivity contribution in [3.8, 4) is 74.9 Å². The fraction of sp³-hybridized carbons (Fsp3) is 0.118. The van der Waals surface area contributed by atoms with E-state index in [1.54, 1.807) is 134 Å². The number of carboxylic acid groups (broad SMARTS) is 1. The smallest absolute Gasteiger partial charge is 0.870 e. The molecule has 0 bridgehead atoms. The summed E-state index contributed by atoms with van der Waals surface area (Å²) < 4.78 is 18.5. The fourth-order valence-electron chi connectivity index (χ4n) is 11.0. The van der Waals surface area contributed by atoms with E-state index < -0.39 is 41.0 Å². The van der Waals surface area contributed by atoms with Crippen molar-refractivity contribution < 1.29 is 77.2 Å². The molecule has 0 amide bonds. The maximum Gasteiger partial charge on any atom is 1.00 e. The number of nitrogens with zero attached hydrogens (tertiary/aromatic N) is 9. The third kappa shape index (κ3) is 33.1. The minimum absolute atomic E-state index is 0. The SMILES string of the molecule is CCOC(=O)CC(=O)c1ccccc1.COC(=O)c1cccc(CBr)n1.COC(=O)c1cccc(CSc2[nH]c(=O)c(Cl)c(-c3ccccc3)c2C#N)n1.COC(=O)c1cccc(CSc2[nH]c(=O)cc(-c3ccccc3)c2C#N)n1.N#CCC(N)=S.N#Cc1c(-c2ccccc2)cc(=O)[nH]c1S.N#Cc1c(SCc2cccc(C(=O)O)n2)[nH]c(=O)c(Cl)c1-c1ccccc1.[Li+].[OH-]. The molecule has 0 saturated carbocycles. The molecule has 0 aliphatic carbocycles. The number of pyridine rings is 8. The second kappa shape index (κ2) is 57.0. The number of thiol groups is 1. The number of Topliss-reactive ketones (excluding diaryl/α,β-unsaturated/α-hetero) is 1. The Labute approximate surface area is 809 Å². The van der Waals surface area contributed by atoms with Crippen LogP contribution in [0.15, 0.2) is 276 Å². The van der Waals surface area contributed by atoms with Gasteiger partial charge in [-0.15, -0.1) is 47.9 Å². The second-order valence-corrected chi connectivity index (χ2v) is 30.8. The van der Waals surface area contributed by atoms with Crippen molar-refractivity contribution in [3.63, 3.8) is 0 Å². The monoisotopic (exact) mass is 1960 g/mol. The van der Waals surface area contributed by atoms with E-state index in [0.717, 1.165) is 16.8 Å². The molecule has 0 unspecified atom stereocenters. The molecule has 13 aromatic rings. The summed E-state index contributed by atoms with van der Waals surface area (Å²) in [4.78, 5) is 143. The van der Waals surface area contributed by atoms with E-state index in [1.807, 2.05) is 103 Å². The molecule has 30 nitrogen and oxygen atoms in total. The van der Waals surface area contributed by atoms with E-state index >= 15 is 0 Å². The summed E-state index contributed by atoms with van der Waals surface area (Å²) in [5.41, 5.74) is 13.4. The normalized spacial score (nSPS) is 9.75. The molecule has 0 radical (unpaired) electrons. The number of H-pyrrole nitrogens is 4. The minimum atomic E-state index is -1.12. The molecule has 0 spiro atoms. The number of nitrogens with one attached hydrogen (secondary N) is 4. The van der Waals surface area contributed by atoms with Crippen LogP contribution in [0.2, 0.25) is 10.0 Å². The van der Waals surface area contributed by atoms with Crippen molar-refractivity contribution in [1.29, 1.82) is 26.3 Å². The number of rotatable bonds is 23. The van der Waals surface area contributed by atoms with Gasteiger partial charge < -0.3 is 55.2 Å². The van der Waals surface area contributed by atoms with Crippen molar-refractivity contribution >= 4 is 140 Å². The third-order valence-corrected chi connectivity index (χ3v) is 21.7. The van der Waals surface area contributed by atoms with Gasteiger partial charge in [0.05, 0.1) is 111 Å². The van der Waals surface area contributed by atoms with Crippen LogP contribution in [0.3, 0.4) is 0 Å². The summed E-state index contributed by atoms with van der Waals surface area (Å²) in [6, 6.07) is 78.3. The Bertz CT molecular complexity index is 6700. The predicted octanol–water partition coefficient (Wildman–Crippen LogP) is 14.2. The first-order valence-corrected chi connectivity index (χ1v) is 43.5. The number of benzene rings is 5. The molecule has 0 aliphatic heterocycles. The number of halogens is 3. The van der Waals surface area contributed by atoms with Gasteiger partial charge in [-0.05, 0) is 77.7 Å². The van der Waals surface area contributed by atoms with Gasteiger partial charge in [0.15, 0.2) is 5.78 Å². The second-order valence-electron chi connectivity index (χ2n) is 25.5. The average molecular weight is 1960 g/mol. The van der Waals surface area contributed by atoms with E-state index in [-0.39, 0.29) is 103 Å². The quantitative estimate of drug-likeness (QED) is 0.00360. The summed E-state index contributed by atoms with van der Waals surface area (Å²) in [6.07, 6.45) is 0.00713. The molecule has 13 rings (SSSR count). The zero-order valence-electron chi connectivity index (χ0n) is 70.4. The van der Waals surface area contributed by atoms with E-state index in [9.17, 15) is 63.7 Å². The molecule has 0 saturated heterocycles. The first-order chi connectivity index (χ1) is 62.7. The Morgan fingerprint density at radius 3 is 1.15 bits per heavy atom. The number of thiocarbonyl (C=S) groups is 1. The van der Waals surface area contributed by atoms with Crippen molar-refractivity contribution in [2.75, 3.05) is 27.9 Å². The largest absolute Gasteiger partial charge is 1.00 e. The number of hydrogen-bond donors (Lipinski definition) is 7. The van der Waals surface area contributed by atoms with Gasteiger partial charge in [0, 0.05) is 62.5 Å². The Kier molecular flexibility index (Phi) is 46.8. The van der Waals surface area contributed by atoms with E-state index in [2.05, 4.69) is 118 Å². The molecule has 39 heteroatoms. The summed E-state index contributed by atoms with van der Waals surface area (Å²) in [5.74, 6) is -2.25. The van der Waals surface area contributed by atoms with Gasteiger partial charge in [0.2, 0.25) is 11.1 Å². The number of aromatic carboxylic acids is 1. The molecular formula is C93H74BrCl2LiN14O16S5. The number of carbonyl (C=O) groups excluding carboxylic acids is 5. The number of carbonyl (C=O) groups is 6. The summed E-state index contributed by atoms with van der Waals surface area (Å²) >= 11 is 27.8. The van der Waals surface area contributed by atoms with Crippen molar-refractivity contribution in [3.05, 3.63) is 361 Å². The molecule has 8 N–H and O–H groups in total. The maximum absolute atomic E-state index is 12.3. The number of ether oxygens (including phenoxy) is 4. The zero-order chi connectivity index (χ0) is 94.6. The molecule has 0 atom stereocenters. The van der Waals surface area contributed by atoms with Crippen LogP contribution >= 0.6 is 99.3 Å². The molecule has 5 aromatic carbocycles. The molecule has 8 heterocycles. The number of ketones is 1. The number of methoxy groups -OCH3 is 3. The van der Waals surface area contributed by atoms with Crippen LogP contribution in [0, 0.1) is 56.7 Å². The van der Waals surface area contributed by atoms with Crippen molar-refractivity contribution in [2.45, 2.75) is 62.5 Å². The number of carboxylic acids is 1. The van der Waals surface area contributed by atoms with Crippen LogP contribution in [-0.2, 0) is 46.3 Å². The van der Waals surface area contributed by atoms with Crippen molar-refractivity contribution in [1.82, 2.24) is 39.9 Å². The van der Waals surface area contributed by atoms with Gasteiger partial charge in [-0.25, -0.2) is 39.1 Å². The van der Waals surface area contributed by atoms with Crippen LogP contribution in [0.25, 0.3) is 44.5 Å². The molecule has 0 aliphatic rings. The standard InChI is InChI=1S/C20H14ClN3O3S.C20H15N3O3S.C19H12ClN3O3S.C12H8N2OS.C11H12O3.C8H8BrNO2.C3H4N2S.Li.H2O/c1-27-20(26)15-9-5-8-13(23-15)11-28-19-14(10-22)16(17(21)18(25)24-19)12-6-3-2-4-7-12;1-26-20(25)17-9-5-8-14(22-17)12-27-19-16(11-21)15(10-18(24)23-19)13-6-3-2-4-7-13;20-16-15(11-5-2-1-3-6-11)13(9-21)18(23-17(16)24)27-10-12-7-4-8-14(22-12)19(25)26;13-7-10-9(6-11(15)14-12(10)16)8-4-2-1-3-5-8;1-2-14-11(13)8-10(12)9-6-4-3-5-7-9;1-12-8(11)7-4-2-3-6(5-9)10-7;4-2-1-3(5)6;;/h2-9H,11H2,1H3,(H,24,25);2-10H,12H2,1H3,(H,23,24);1-8H,10H2,(H,23,24)(H,25,26);1-6H,(H2,14,15,16);3-7H,2,8H2,1H3;2-4H,5H2,1H3;1H2,(H2,5,6);;1H2/q;;;;;;;+1;/p-1. The zero-order valence-corrected chi connectivity index (χ0v) is 77.7. The van der Waals surface area contributed by atoms with Crippen LogP contribution in [0.5, 0.6) is 0 Å². The van der Waals surface area contributed by atoms with Gasteiger partial charge in [-0.1, -0.05) is 227 Å². The number of aromatic amines is 4. The summed E-state index contributed by atoms with van der Waals surface area (Å²) in [7, 11) is 3.92. The Balaban J connectivity index is 0.000000282. The third-order valence-electron chi connectivity index (χ3n) is 16.8.